The van der Waals surface area contributed by atoms with Gasteiger partial charge in [0.05, 0.1) is 5.30 Å². The van der Waals surface area contributed by atoms with Gasteiger partial charge < -0.3 is 8.39 Å². The van der Waals surface area contributed by atoms with Crippen molar-refractivity contribution in [3.05, 3.63) is 127 Å². The van der Waals surface area contributed by atoms with E-state index in [0.29, 0.717) is 0 Å². The molecule has 1 heterocycles. The maximum atomic E-state index is 6.99. The molecular formula is C34H21O2P. The molecule has 0 aliphatic rings. The van der Waals surface area contributed by atoms with Gasteiger partial charge in [-0.1, -0.05) is 115 Å². The Labute approximate surface area is 213 Å². The van der Waals surface area contributed by atoms with Gasteiger partial charge in [0.15, 0.2) is 11.2 Å². The van der Waals surface area contributed by atoms with Gasteiger partial charge in [0, 0.05) is 21.5 Å². The lowest BCUT2D eigenvalue weighted by molar-refractivity contribution is 0.654. The summed E-state index contributed by atoms with van der Waals surface area (Å²) in [4.78, 5) is 0. The fraction of sp³-hybridized carbons (Fsp3) is 0. The number of hydrogen-bond acceptors (Lipinski definition) is 2. The number of fused-ring (bicyclic) bond motifs is 13. The summed E-state index contributed by atoms with van der Waals surface area (Å²) < 4.78 is 14.0. The Hall–Kier alpha value is -4.52. The molecule has 0 aliphatic carbocycles. The molecule has 0 atom stereocenters. The second-order valence-electron chi connectivity index (χ2n) is 9.37. The lowest BCUT2D eigenvalue weighted by Gasteiger charge is -2.11. The van der Waals surface area contributed by atoms with Crippen LogP contribution in [-0.2, 0) is 0 Å². The van der Waals surface area contributed by atoms with E-state index in [4.69, 9.17) is 8.39 Å². The molecule has 1 aromatic heterocycles. The van der Waals surface area contributed by atoms with Crippen molar-refractivity contribution in [2.45, 2.75) is 0 Å². The van der Waals surface area contributed by atoms with Gasteiger partial charge in [-0.15, -0.1) is 0 Å². The fourth-order valence-corrected chi connectivity index (χ4v) is 7.12. The Kier molecular flexibility index (Phi) is 4.46. The van der Waals surface area contributed by atoms with Gasteiger partial charge in [0.2, 0.25) is 0 Å². The third kappa shape index (κ3) is 3.00. The second kappa shape index (κ2) is 8.00. The monoisotopic (exact) mass is 492 g/mol. The van der Waals surface area contributed by atoms with Crippen LogP contribution in [0.3, 0.4) is 0 Å². The molecule has 0 saturated carbocycles. The average molecular weight is 493 g/mol. The third-order valence-electron chi connectivity index (χ3n) is 7.34. The molecule has 0 saturated heterocycles. The lowest BCUT2D eigenvalue weighted by Crippen LogP contribution is -1.85. The molecule has 7 aromatic carbocycles. The van der Waals surface area contributed by atoms with E-state index in [2.05, 4.69) is 109 Å². The summed E-state index contributed by atoms with van der Waals surface area (Å²) in [5.74, 6) is 0. The van der Waals surface area contributed by atoms with Gasteiger partial charge in [-0.25, -0.2) is 0 Å². The summed E-state index contributed by atoms with van der Waals surface area (Å²) in [7, 11) is -1.42. The minimum Gasteiger partial charge on any atom is -0.415 e. The van der Waals surface area contributed by atoms with Gasteiger partial charge in [-0.05, 0) is 44.5 Å². The molecule has 0 fully saturated rings. The molecule has 3 heteroatoms. The zero-order chi connectivity index (χ0) is 24.3. The zero-order valence-electron chi connectivity index (χ0n) is 19.9. The maximum absolute atomic E-state index is 6.99. The second-order valence-corrected chi connectivity index (χ2v) is 10.8. The zero-order valence-corrected chi connectivity index (χ0v) is 20.8. The van der Waals surface area contributed by atoms with Crippen molar-refractivity contribution in [1.29, 1.82) is 0 Å². The van der Waals surface area contributed by atoms with E-state index in [9.17, 15) is 0 Å². The van der Waals surface area contributed by atoms with Crippen molar-refractivity contribution in [1.82, 2.24) is 0 Å². The summed E-state index contributed by atoms with van der Waals surface area (Å²) in [6.45, 7) is 0. The maximum Gasteiger partial charge on any atom is 0.252 e. The fourth-order valence-electron chi connectivity index (χ4n) is 5.74. The Morgan fingerprint density at radius 3 is 1.08 bits per heavy atom. The molecule has 0 N–H and O–H groups in total. The molecule has 8 rings (SSSR count). The van der Waals surface area contributed by atoms with Crippen LogP contribution in [0, 0.1) is 0 Å². The Morgan fingerprint density at radius 2 is 0.649 bits per heavy atom. The van der Waals surface area contributed by atoms with E-state index in [1.165, 1.54) is 32.3 Å². The van der Waals surface area contributed by atoms with Crippen LogP contribution in [0.2, 0.25) is 0 Å². The van der Waals surface area contributed by atoms with Crippen molar-refractivity contribution in [2.24, 2.45) is 0 Å². The number of hydrogen-bond donors (Lipinski definition) is 0. The van der Waals surface area contributed by atoms with Gasteiger partial charge in [0.25, 0.3) is 8.01 Å². The van der Waals surface area contributed by atoms with Crippen LogP contribution in [0.5, 0.6) is 0 Å². The first kappa shape index (κ1) is 20.7. The van der Waals surface area contributed by atoms with E-state index in [-0.39, 0.29) is 0 Å². The highest BCUT2D eigenvalue weighted by molar-refractivity contribution is 7.45. The van der Waals surface area contributed by atoms with Crippen LogP contribution < -0.4 is 0 Å². The minimum atomic E-state index is -1.42. The molecule has 0 aliphatic heterocycles. The Balaban J connectivity index is 1.81. The number of benzene rings is 7. The predicted molar refractivity (Wildman–Crippen MR) is 158 cm³/mol. The highest BCUT2D eigenvalue weighted by Gasteiger charge is 2.19. The average Bonchev–Trinajstić information content (AvgIpc) is 3.16. The van der Waals surface area contributed by atoms with Crippen LogP contribution in [0.4, 0.5) is 0 Å². The van der Waals surface area contributed by atoms with E-state index < -0.39 is 8.01 Å². The largest absolute Gasteiger partial charge is 0.415 e. The summed E-state index contributed by atoms with van der Waals surface area (Å²) in [5.41, 5.74) is 1.78. The highest BCUT2D eigenvalue weighted by atomic mass is 31.1. The number of rotatable bonds is 1. The quantitative estimate of drug-likeness (QED) is 0.213. The molecule has 0 unspecified atom stereocenters. The smallest absolute Gasteiger partial charge is 0.252 e. The molecule has 174 valence electrons. The molecule has 2 nitrogen and oxygen atoms in total. The molecule has 0 spiro atoms. The van der Waals surface area contributed by atoms with Crippen LogP contribution >= 0.6 is 8.01 Å². The third-order valence-corrected chi connectivity index (χ3v) is 8.75. The van der Waals surface area contributed by atoms with Gasteiger partial charge >= 0.3 is 0 Å². The van der Waals surface area contributed by atoms with Gasteiger partial charge in [0.1, 0.15) is 0 Å². The van der Waals surface area contributed by atoms with Crippen LogP contribution in [0.25, 0.3) is 70.3 Å². The summed E-state index contributed by atoms with van der Waals surface area (Å²) in [5, 5.41) is 12.6. The Morgan fingerprint density at radius 1 is 0.324 bits per heavy atom. The lowest BCUT2D eigenvalue weighted by atomic mass is 9.92. The van der Waals surface area contributed by atoms with E-state index in [1.54, 1.807) is 0 Å². The summed E-state index contributed by atoms with van der Waals surface area (Å²) in [6.07, 6.45) is 0. The van der Waals surface area contributed by atoms with Crippen molar-refractivity contribution in [3.8, 4) is 5.30 Å². The normalized spacial score (nSPS) is 11.8. The van der Waals surface area contributed by atoms with Crippen LogP contribution in [0.1, 0.15) is 0 Å². The van der Waals surface area contributed by atoms with Crippen LogP contribution in [0.15, 0.2) is 136 Å². The molecular weight excluding hydrogens is 471 g/mol. The molecule has 8 aromatic rings. The Bertz CT molecular complexity index is 2060. The van der Waals surface area contributed by atoms with Crippen molar-refractivity contribution in [2.75, 3.05) is 0 Å². The van der Waals surface area contributed by atoms with Gasteiger partial charge in [-0.2, -0.15) is 0 Å². The van der Waals surface area contributed by atoms with E-state index in [1.807, 2.05) is 18.2 Å². The predicted octanol–water partition coefficient (Wildman–Crippen LogP) is 10.9. The SMILES string of the molecule is c1ccc(-p2oc3c4ccccc4c4ccccc4c3c3c4ccccc4c4ccccc4c3o2)cc1. The van der Waals surface area contributed by atoms with E-state index in [0.717, 1.165) is 38.0 Å². The first-order chi connectivity index (χ1) is 18.4. The molecule has 0 radical (unpaired) electrons. The van der Waals surface area contributed by atoms with Crippen molar-refractivity contribution < 1.29 is 8.39 Å². The first-order valence-electron chi connectivity index (χ1n) is 12.5. The highest BCUT2D eigenvalue weighted by Crippen LogP contribution is 2.49. The van der Waals surface area contributed by atoms with Crippen LogP contribution in [-0.4, -0.2) is 0 Å². The first-order valence-corrected chi connectivity index (χ1v) is 13.6. The van der Waals surface area contributed by atoms with Gasteiger partial charge in [-0.3, -0.25) is 0 Å². The summed E-state index contributed by atoms with van der Waals surface area (Å²) in [6, 6.07) is 44.8. The van der Waals surface area contributed by atoms with Crippen molar-refractivity contribution in [3.63, 3.8) is 0 Å². The topological polar surface area (TPSA) is 26.3 Å². The van der Waals surface area contributed by atoms with E-state index >= 15 is 0 Å². The minimum absolute atomic E-state index is 0.892. The molecule has 37 heavy (non-hydrogen) atoms. The van der Waals surface area contributed by atoms with Crippen molar-refractivity contribution >= 4 is 73.0 Å². The molecule has 0 bridgehead atoms. The standard InChI is InChI=1S/C34H21O2P/c1-2-12-22(13-3-1)37-35-33-29-20-10-6-16-25(29)23-14-4-8-18-27(23)31(33)32-28-19-9-5-15-24(28)26-17-7-11-21-30(26)34(32)36-37/h1-21H. The summed E-state index contributed by atoms with van der Waals surface area (Å²) >= 11 is 0. The molecule has 0 amide bonds.